The van der Waals surface area contributed by atoms with Crippen LogP contribution in [0.2, 0.25) is 0 Å². The predicted octanol–water partition coefficient (Wildman–Crippen LogP) is 5.01. The Labute approximate surface area is 150 Å². The Morgan fingerprint density at radius 3 is 2.62 bits per heavy atom. The number of hydrogen-bond acceptors (Lipinski definition) is 2. The van der Waals surface area contributed by atoms with Crippen molar-refractivity contribution in [2.45, 2.75) is 26.6 Å². The van der Waals surface area contributed by atoms with Crippen LogP contribution in [0.5, 0.6) is 0 Å². The molecule has 1 aromatic heterocycles. The lowest BCUT2D eigenvalue weighted by Crippen LogP contribution is -2.23. The molecule has 3 nitrogen and oxygen atoms in total. The average Bonchev–Trinajstić information content (AvgIpc) is 2.58. The molecule has 6 heteroatoms. The number of alkyl halides is 3. The number of pyridine rings is 1. The monoisotopic (exact) mass is 360 g/mol. The van der Waals surface area contributed by atoms with Crippen molar-refractivity contribution in [1.82, 2.24) is 10.3 Å². The first-order chi connectivity index (χ1) is 12.2. The van der Waals surface area contributed by atoms with E-state index in [1.807, 2.05) is 19.9 Å². The molecular weight excluding hydrogens is 341 g/mol. The molecule has 0 bridgehead atoms. The molecule has 136 valence electrons. The summed E-state index contributed by atoms with van der Waals surface area (Å²) in [5, 5.41) is 2.63. The van der Waals surface area contributed by atoms with E-state index >= 15 is 0 Å². The van der Waals surface area contributed by atoms with E-state index in [0.717, 1.165) is 23.3 Å². The average molecular weight is 360 g/mol. The number of rotatable bonds is 5. The van der Waals surface area contributed by atoms with E-state index in [1.165, 1.54) is 18.3 Å². The first-order valence-electron chi connectivity index (χ1n) is 7.91. The van der Waals surface area contributed by atoms with Crippen LogP contribution in [0.1, 0.15) is 41.0 Å². The zero-order valence-electron chi connectivity index (χ0n) is 14.5. The number of nitrogens with one attached hydrogen (secondary N) is 1. The summed E-state index contributed by atoms with van der Waals surface area (Å²) >= 11 is 0. The second-order valence-electron chi connectivity index (χ2n) is 5.98. The van der Waals surface area contributed by atoms with Crippen molar-refractivity contribution in [2.24, 2.45) is 0 Å². The number of hydrogen-bond donors (Lipinski definition) is 1. The van der Waals surface area contributed by atoms with Crippen LogP contribution in [0.3, 0.4) is 0 Å². The number of carbonyl (C=O) groups is 1. The lowest BCUT2D eigenvalue weighted by molar-refractivity contribution is -0.137. The largest absolute Gasteiger partial charge is 0.416 e. The summed E-state index contributed by atoms with van der Waals surface area (Å²) in [5.74, 6) is -0.380. The van der Waals surface area contributed by atoms with Crippen LogP contribution >= 0.6 is 0 Å². The topological polar surface area (TPSA) is 42.0 Å². The molecule has 1 amide bonds. The molecule has 2 rings (SSSR count). The number of nitrogens with zero attached hydrogens (tertiary/aromatic N) is 1. The molecule has 0 aliphatic heterocycles. The van der Waals surface area contributed by atoms with Crippen molar-refractivity contribution in [3.05, 3.63) is 83.2 Å². The van der Waals surface area contributed by atoms with Gasteiger partial charge in [0.1, 0.15) is 0 Å². The van der Waals surface area contributed by atoms with Crippen LogP contribution in [-0.4, -0.2) is 10.9 Å². The van der Waals surface area contributed by atoms with Crippen molar-refractivity contribution in [3.63, 3.8) is 0 Å². The van der Waals surface area contributed by atoms with Gasteiger partial charge in [-0.1, -0.05) is 30.4 Å². The number of amides is 1. The molecule has 0 spiro atoms. The van der Waals surface area contributed by atoms with Gasteiger partial charge in [-0.15, -0.1) is 0 Å². The number of carbonyl (C=O) groups excluding carboxylic acids is 1. The van der Waals surface area contributed by atoms with Gasteiger partial charge in [-0.3, -0.25) is 9.78 Å². The highest BCUT2D eigenvalue weighted by atomic mass is 19.4. The van der Waals surface area contributed by atoms with Gasteiger partial charge in [0.15, 0.2) is 0 Å². The number of aromatic nitrogens is 1. The van der Waals surface area contributed by atoms with Crippen LogP contribution in [0.15, 0.2) is 60.8 Å². The summed E-state index contributed by atoms with van der Waals surface area (Å²) in [6, 6.07) is 8.07. The Morgan fingerprint density at radius 2 is 1.96 bits per heavy atom. The minimum atomic E-state index is -4.41. The third kappa shape index (κ3) is 5.31. The first kappa shape index (κ1) is 19.4. The highest BCUT2D eigenvalue weighted by Crippen LogP contribution is 2.29. The van der Waals surface area contributed by atoms with Gasteiger partial charge in [0, 0.05) is 18.3 Å². The van der Waals surface area contributed by atoms with Gasteiger partial charge in [-0.25, -0.2) is 0 Å². The van der Waals surface area contributed by atoms with Crippen molar-refractivity contribution in [3.8, 4) is 0 Å². The van der Waals surface area contributed by atoms with Gasteiger partial charge >= 0.3 is 6.18 Å². The van der Waals surface area contributed by atoms with E-state index in [-0.39, 0.29) is 12.5 Å². The van der Waals surface area contributed by atoms with E-state index < -0.39 is 11.7 Å². The van der Waals surface area contributed by atoms with E-state index in [2.05, 4.69) is 16.9 Å². The van der Waals surface area contributed by atoms with Crippen molar-refractivity contribution in [1.29, 1.82) is 0 Å². The highest BCUT2D eigenvalue weighted by Gasteiger charge is 2.30. The molecule has 0 fully saturated rings. The van der Waals surface area contributed by atoms with Gasteiger partial charge in [0.05, 0.1) is 11.3 Å². The molecule has 1 heterocycles. The standard InChI is InChI=1S/C20H19F3N2O/c1-13(2)9-14(3)18-11-16(7-8-24-18)19(26)25-12-15-5-4-6-17(10-15)20(21,22)23/h4-11H,1,12H2,2-3H3,(H,25,26). The number of allylic oxidation sites excluding steroid dienone is 3. The molecule has 0 radical (unpaired) electrons. The van der Waals surface area contributed by atoms with Crippen molar-refractivity contribution in [2.75, 3.05) is 0 Å². The van der Waals surface area contributed by atoms with E-state index in [4.69, 9.17) is 0 Å². The smallest absolute Gasteiger partial charge is 0.348 e. The zero-order valence-corrected chi connectivity index (χ0v) is 14.5. The lowest BCUT2D eigenvalue weighted by Gasteiger charge is -2.10. The molecule has 0 aliphatic rings. The van der Waals surface area contributed by atoms with Crippen molar-refractivity contribution >= 4 is 11.5 Å². The van der Waals surface area contributed by atoms with Gasteiger partial charge in [0.25, 0.3) is 5.91 Å². The fraction of sp³-hybridized carbons (Fsp3) is 0.200. The van der Waals surface area contributed by atoms with E-state index in [9.17, 15) is 18.0 Å². The molecule has 0 saturated carbocycles. The molecule has 1 N–H and O–H groups in total. The van der Waals surface area contributed by atoms with Crippen LogP contribution in [0, 0.1) is 0 Å². The van der Waals surface area contributed by atoms with Crippen LogP contribution < -0.4 is 5.32 Å². The van der Waals surface area contributed by atoms with Crippen LogP contribution in [-0.2, 0) is 12.7 Å². The third-order valence-electron chi connectivity index (χ3n) is 3.60. The summed E-state index contributed by atoms with van der Waals surface area (Å²) in [5.41, 5.74) is 2.39. The zero-order chi connectivity index (χ0) is 19.3. The molecular formula is C20H19F3N2O. The molecule has 0 saturated heterocycles. The van der Waals surface area contributed by atoms with Gasteiger partial charge in [-0.2, -0.15) is 13.2 Å². The van der Waals surface area contributed by atoms with E-state index in [0.29, 0.717) is 16.8 Å². The fourth-order valence-electron chi connectivity index (χ4n) is 2.37. The summed E-state index contributed by atoms with van der Waals surface area (Å²) in [7, 11) is 0. The molecule has 0 aliphatic carbocycles. The lowest BCUT2D eigenvalue weighted by atomic mass is 10.1. The summed E-state index contributed by atoms with van der Waals surface area (Å²) in [4.78, 5) is 16.5. The third-order valence-corrected chi connectivity index (χ3v) is 3.60. The second kappa shape index (κ2) is 7.99. The summed E-state index contributed by atoms with van der Waals surface area (Å²) in [6.45, 7) is 7.52. The van der Waals surface area contributed by atoms with Gasteiger partial charge < -0.3 is 5.32 Å². The number of halogens is 3. The predicted molar refractivity (Wildman–Crippen MR) is 95.3 cm³/mol. The summed E-state index contributed by atoms with van der Waals surface area (Å²) < 4.78 is 38.2. The van der Waals surface area contributed by atoms with Gasteiger partial charge in [-0.05, 0) is 49.2 Å². The maximum absolute atomic E-state index is 12.7. The maximum Gasteiger partial charge on any atom is 0.416 e. The second-order valence-corrected chi connectivity index (χ2v) is 5.98. The summed E-state index contributed by atoms with van der Waals surface area (Å²) in [6.07, 6.45) is -1.04. The maximum atomic E-state index is 12.7. The van der Waals surface area contributed by atoms with Crippen LogP contribution in [0.25, 0.3) is 5.57 Å². The van der Waals surface area contributed by atoms with Crippen LogP contribution in [0.4, 0.5) is 13.2 Å². The molecule has 26 heavy (non-hydrogen) atoms. The molecule has 1 aromatic carbocycles. The Bertz CT molecular complexity index is 854. The molecule has 2 aromatic rings. The Kier molecular flexibility index (Phi) is 5.97. The Balaban J connectivity index is 2.10. The minimum absolute atomic E-state index is 0.000989. The van der Waals surface area contributed by atoms with Crippen molar-refractivity contribution < 1.29 is 18.0 Å². The Morgan fingerprint density at radius 1 is 1.23 bits per heavy atom. The van der Waals surface area contributed by atoms with E-state index in [1.54, 1.807) is 12.1 Å². The van der Waals surface area contributed by atoms with Gasteiger partial charge in [0.2, 0.25) is 0 Å². The first-order valence-corrected chi connectivity index (χ1v) is 7.91. The molecule has 0 unspecified atom stereocenters. The number of benzene rings is 1. The highest BCUT2D eigenvalue weighted by molar-refractivity contribution is 5.94. The molecule has 0 atom stereocenters. The minimum Gasteiger partial charge on any atom is -0.348 e. The fourth-order valence-corrected chi connectivity index (χ4v) is 2.37. The SMILES string of the molecule is C=C(C)C=C(C)c1cc(C(=O)NCc2cccc(C(F)(F)F)c2)ccn1. The normalized spacial score (nSPS) is 12.0. The Hall–Kier alpha value is -2.89. The quantitative estimate of drug-likeness (QED) is 0.762.